The van der Waals surface area contributed by atoms with E-state index in [1.54, 1.807) is 6.21 Å². The topological polar surface area (TPSA) is 87.6 Å². The fourth-order valence-electron chi connectivity index (χ4n) is 4.55. The number of anilines is 4. The second-order valence-electron chi connectivity index (χ2n) is 10.3. The summed E-state index contributed by atoms with van der Waals surface area (Å²) in [4.78, 5) is 16.4. The number of nitrogens with zero attached hydrogens (tertiary/aromatic N) is 5. The lowest BCUT2D eigenvalue weighted by molar-refractivity contribution is 0.303. The van der Waals surface area contributed by atoms with Crippen LogP contribution in [-0.4, -0.2) is 34.3 Å². The molecule has 0 saturated carbocycles. The van der Waals surface area contributed by atoms with Crippen LogP contribution in [0.3, 0.4) is 0 Å². The standard InChI is InChI=1S/C31H33I2N7O.ClH/c1-20-12-14-40(15-13-20)31-37-29(35-27-11-7-8-21(2)22(27)3)36-30(38-31)39-34-18-24-16-25(32)17-26(33)28(24)41-19-23-9-5-4-6-10-23;/h4-11,16-18,20H,12-15,19H2,1-3H3,(H2,35,36,37,38,39);1H. The van der Waals surface area contributed by atoms with E-state index in [1.807, 2.05) is 30.3 Å². The third-order valence-corrected chi connectivity index (χ3v) is 8.60. The first-order valence-corrected chi connectivity index (χ1v) is 15.8. The Bertz CT molecular complexity index is 1530. The lowest BCUT2D eigenvalue weighted by Crippen LogP contribution is -2.34. The quantitative estimate of drug-likeness (QED) is 0.100. The lowest BCUT2D eigenvalue weighted by Gasteiger charge is -2.30. The number of hydrogen-bond donors (Lipinski definition) is 2. The van der Waals surface area contributed by atoms with Gasteiger partial charge in [-0.15, -0.1) is 12.4 Å². The zero-order valence-electron chi connectivity index (χ0n) is 23.8. The third kappa shape index (κ3) is 8.44. The number of rotatable bonds is 9. The number of hydrogen-bond acceptors (Lipinski definition) is 8. The van der Waals surface area contributed by atoms with Gasteiger partial charge in [0.05, 0.1) is 9.78 Å². The predicted octanol–water partition coefficient (Wildman–Crippen LogP) is 8.12. The molecule has 1 aliphatic heterocycles. The zero-order valence-corrected chi connectivity index (χ0v) is 28.9. The molecule has 0 spiro atoms. The maximum absolute atomic E-state index is 6.24. The van der Waals surface area contributed by atoms with Gasteiger partial charge in [0, 0.05) is 27.9 Å². The van der Waals surface area contributed by atoms with E-state index in [-0.39, 0.29) is 12.4 Å². The van der Waals surface area contributed by atoms with Crippen molar-refractivity contribution in [2.45, 2.75) is 40.2 Å². The van der Waals surface area contributed by atoms with E-state index >= 15 is 0 Å². The SMILES string of the molecule is Cc1cccc(Nc2nc(NN=Cc3cc(I)cc(I)c3OCc3ccccc3)nc(N3CCC(C)CC3)n2)c1C.Cl. The van der Waals surface area contributed by atoms with Crippen LogP contribution in [0.25, 0.3) is 0 Å². The molecule has 0 unspecified atom stereocenters. The summed E-state index contributed by atoms with van der Waals surface area (Å²) in [5, 5.41) is 7.93. The molecule has 4 aromatic rings. The largest absolute Gasteiger partial charge is 0.487 e. The highest BCUT2D eigenvalue weighted by Crippen LogP contribution is 2.29. The number of ether oxygens (including phenoxy) is 1. The number of piperidine rings is 1. The Morgan fingerprint density at radius 2 is 1.71 bits per heavy atom. The Morgan fingerprint density at radius 3 is 2.48 bits per heavy atom. The van der Waals surface area contributed by atoms with E-state index in [9.17, 15) is 0 Å². The van der Waals surface area contributed by atoms with E-state index in [1.165, 1.54) is 5.56 Å². The first kappa shape index (κ1) is 32.2. The predicted molar refractivity (Wildman–Crippen MR) is 191 cm³/mol. The van der Waals surface area contributed by atoms with E-state index in [0.29, 0.717) is 30.4 Å². The van der Waals surface area contributed by atoms with Crippen LogP contribution in [0.4, 0.5) is 23.5 Å². The number of nitrogens with one attached hydrogen (secondary N) is 2. The van der Waals surface area contributed by atoms with Crippen LogP contribution < -0.4 is 20.4 Å². The summed E-state index contributed by atoms with van der Waals surface area (Å²) in [5.74, 6) is 3.00. The average Bonchev–Trinajstić information content (AvgIpc) is 2.96. The summed E-state index contributed by atoms with van der Waals surface area (Å²) >= 11 is 4.62. The van der Waals surface area contributed by atoms with Crippen LogP contribution in [0.1, 0.15) is 42.0 Å². The van der Waals surface area contributed by atoms with Crippen molar-refractivity contribution in [3.63, 3.8) is 0 Å². The minimum atomic E-state index is 0. The van der Waals surface area contributed by atoms with Crippen LogP contribution in [0.15, 0.2) is 65.8 Å². The molecule has 1 saturated heterocycles. The van der Waals surface area contributed by atoms with Crippen LogP contribution in [0.2, 0.25) is 0 Å². The molecule has 42 heavy (non-hydrogen) atoms. The van der Waals surface area contributed by atoms with Crippen LogP contribution in [-0.2, 0) is 6.61 Å². The summed E-state index contributed by atoms with van der Waals surface area (Å²) in [6.07, 6.45) is 3.99. The van der Waals surface area contributed by atoms with Gasteiger partial charge in [-0.25, -0.2) is 5.43 Å². The first-order valence-electron chi connectivity index (χ1n) is 13.6. The summed E-state index contributed by atoms with van der Waals surface area (Å²) in [7, 11) is 0. The van der Waals surface area contributed by atoms with E-state index < -0.39 is 0 Å². The molecule has 0 aliphatic carbocycles. The van der Waals surface area contributed by atoms with Gasteiger partial charge in [-0.2, -0.15) is 20.1 Å². The Hall–Kier alpha value is -2.71. The van der Waals surface area contributed by atoms with Gasteiger partial charge >= 0.3 is 0 Å². The van der Waals surface area contributed by atoms with Crippen LogP contribution >= 0.6 is 57.6 Å². The lowest BCUT2D eigenvalue weighted by atomic mass is 10.00. The van der Waals surface area contributed by atoms with E-state index in [4.69, 9.17) is 14.7 Å². The highest BCUT2D eigenvalue weighted by Gasteiger charge is 2.20. The van der Waals surface area contributed by atoms with Gasteiger partial charge in [-0.05, 0) is 113 Å². The molecule has 0 radical (unpaired) electrons. The van der Waals surface area contributed by atoms with Crippen molar-refractivity contribution in [1.29, 1.82) is 0 Å². The molecule has 1 aliphatic rings. The molecule has 3 aromatic carbocycles. The maximum atomic E-state index is 6.24. The Balaban J connectivity index is 0.00000405. The zero-order chi connectivity index (χ0) is 28.8. The number of benzene rings is 3. The second-order valence-corrected chi connectivity index (χ2v) is 12.7. The van der Waals surface area contributed by atoms with Gasteiger partial charge in [-0.3, -0.25) is 0 Å². The van der Waals surface area contributed by atoms with Gasteiger partial charge in [0.2, 0.25) is 17.8 Å². The molecule has 1 fully saturated rings. The number of halogens is 3. The molecule has 1 aromatic heterocycles. The molecule has 5 rings (SSSR count). The number of aryl methyl sites for hydroxylation is 1. The van der Waals surface area contributed by atoms with Gasteiger partial charge < -0.3 is 15.0 Å². The van der Waals surface area contributed by atoms with Gasteiger partial charge in [0.25, 0.3) is 0 Å². The summed E-state index contributed by atoms with van der Waals surface area (Å²) < 4.78 is 8.36. The number of hydrazone groups is 1. The molecule has 2 heterocycles. The minimum absolute atomic E-state index is 0. The summed E-state index contributed by atoms with van der Waals surface area (Å²) in [6, 6.07) is 20.5. The molecule has 2 N–H and O–H groups in total. The van der Waals surface area contributed by atoms with Crippen molar-refractivity contribution >= 4 is 87.3 Å². The molecule has 8 nitrogen and oxygen atoms in total. The van der Waals surface area contributed by atoms with Crippen molar-refractivity contribution < 1.29 is 4.74 Å². The second kappa shape index (κ2) is 15.1. The molecular weight excluding hydrogens is 776 g/mol. The summed E-state index contributed by atoms with van der Waals surface area (Å²) in [6.45, 7) is 8.79. The van der Waals surface area contributed by atoms with Crippen molar-refractivity contribution in [2.24, 2.45) is 11.0 Å². The van der Waals surface area contributed by atoms with Gasteiger partial charge in [-0.1, -0.05) is 49.4 Å². The molecule has 11 heteroatoms. The average molecular weight is 810 g/mol. The maximum Gasteiger partial charge on any atom is 0.250 e. The fraction of sp³-hybridized carbons (Fsp3) is 0.290. The monoisotopic (exact) mass is 809 g/mol. The third-order valence-electron chi connectivity index (χ3n) is 7.17. The normalized spacial score (nSPS) is 13.6. The first-order chi connectivity index (χ1) is 19.9. The molecule has 0 atom stereocenters. The molecule has 0 amide bonds. The molecule has 220 valence electrons. The smallest absolute Gasteiger partial charge is 0.250 e. The molecule has 0 bridgehead atoms. The van der Waals surface area contributed by atoms with Crippen LogP contribution in [0, 0.1) is 26.9 Å². The Labute approximate surface area is 280 Å². The minimum Gasteiger partial charge on any atom is -0.487 e. The highest BCUT2D eigenvalue weighted by molar-refractivity contribution is 14.1. The van der Waals surface area contributed by atoms with Crippen molar-refractivity contribution in [3.8, 4) is 5.75 Å². The van der Waals surface area contributed by atoms with Crippen molar-refractivity contribution in [3.05, 3.63) is 90.1 Å². The Kier molecular flexibility index (Phi) is 11.6. The van der Waals surface area contributed by atoms with Gasteiger partial charge in [0.15, 0.2) is 0 Å². The van der Waals surface area contributed by atoms with Crippen LogP contribution in [0.5, 0.6) is 5.75 Å². The van der Waals surface area contributed by atoms with Crippen molar-refractivity contribution in [2.75, 3.05) is 28.7 Å². The molecular formula is C31H34ClI2N7O. The number of aromatic nitrogens is 3. The van der Waals surface area contributed by atoms with E-state index in [0.717, 1.165) is 61.2 Å². The summed E-state index contributed by atoms with van der Waals surface area (Å²) in [5.41, 5.74) is 8.37. The fourth-order valence-corrected chi connectivity index (χ4v) is 6.59. The van der Waals surface area contributed by atoms with E-state index in [2.05, 4.69) is 122 Å². The Morgan fingerprint density at radius 1 is 0.976 bits per heavy atom. The van der Waals surface area contributed by atoms with Crippen molar-refractivity contribution in [1.82, 2.24) is 15.0 Å². The highest BCUT2D eigenvalue weighted by atomic mass is 127. The van der Waals surface area contributed by atoms with Gasteiger partial charge in [0.1, 0.15) is 12.4 Å².